The van der Waals surface area contributed by atoms with Crippen LogP contribution < -0.4 is 0 Å². The van der Waals surface area contributed by atoms with Crippen LogP contribution in [-0.2, 0) is 0 Å². The van der Waals surface area contributed by atoms with Crippen LogP contribution in [0.25, 0.3) is 0 Å². The maximum atomic E-state index is 5.15. The quantitative estimate of drug-likeness (QED) is 0.442. The van der Waals surface area contributed by atoms with Gasteiger partial charge in [0.25, 0.3) is 0 Å². The molecule has 1 radical (unpaired) electrons. The normalized spacial score (nSPS) is 6.67. The third kappa shape index (κ3) is 1.53. The molecule has 0 heterocycles. The second-order valence-corrected chi connectivity index (χ2v) is 0.908. The summed E-state index contributed by atoms with van der Waals surface area (Å²) in [5.74, 6) is 0. The van der Waals surface area contributed by atoms with Crippen LogP contribution in [0.1, 0.15) is 0 Å². The van der Waals surface area contributed by atoms with Gasteiger partial charge in [0.05, 0.1) is 0 Å². The van der Waals surface area contributed by atoms with Gasteiger partial charge >= 0.3 is 0 Å². The molecule has 0 aliphatic rings. The van der Waals surface area contributed by atoms with Crippen molar-refractivity contribution in [3.8, 4) is 0 Å². The zero-order valence-electron chi connectivity index (χ0n) is 3.65. The molecule has 0 saturated heterocycles. The van der Waals surface area contributed by atoms with Crippen molar-refractivity contribution >= 4 is 0 Å². The molecular weight excluding hydrogens is 72.1 g/mol. The van der Waals surface area contributed by atoms with Crippen molar-refractivity contribution in [2.24, 2.45) is 0 Å². The van der Waals surface area contributed by atoms with E-state index in [1.807, 2.05) is 0 Å². The van der Waals surface area contributed by atoms with E-state index in [4.69, 9.17) is 6.58 Å². The molecule has 0 spiro atoms. The fourth-order valence-electron chi connectivity index (χ4n) is 0.0833. The van der Waals surface area contributed by atoms with Gasteiger partial charge in [-0.2, -0.15) is 0 Å². The SMILES string of the molecule is [CH]=C(C=C)C=C. The van der Waals surface area contributed by atoms with Crippen LogP contribution in [0.15, 0.2) is 30.9 Å². The van der Waals surface area contributed by atoms with Gasteiger partial charge in [0.1, 0.15) is 0 Å². The van der Waals surface area contributed by atoms with Gasteiger partial charge in [-0.05, 0) is 5.57 Å². The summed E-state index contributed by atoms with van der Waals surface area (Å²) in [6.45, 7) is 11.9. The maximum Gasteiger partial charge on any atom is -0.0268 e. The summed E-state index contributed by atoms with van der Waals surface area (Å²) < 4.78 is 0. The highest BCUT2D eigenvalue weighted by Crippen LogP contribution is 1.86. The highest BCUT2D eigenvalue weighted by molar-refractivity contribution is 5.20. The van der Waals surface area contributed by atoms with Gasteiger partial charge in [-0.1, -0.05) is 31.9 Å². The van der Waals surface area contributed by atoms with Gasteiger partial charge in [-0.15, -0.1) is 0 Å². The van der Waals surface area contributed by atoms with E-state index >= 15 is 0 Å². The largest absolute Gasteiger partial charge is 0.0985 e. The molecule has 0 aromatic carbocycles. The third-order valence-corrected chi connectivity index (χ3v) is 0.471. The molecule has 0 nitrogen and oxygen atoms in total. The van der Waals surface area contributed by atoms with Gasteiger partial charge in [-0.25, -0.2) is 0 Å². The lowest BCUT2D eigenvalue weighted by atomic mass is 10.3. The first-order valence-electron chi connectivity index (χ1n) is 1.68. The Morgan fingerprint density at radius 2 is 1.67 bits per heavy atom. The van der Waals surface area contributed by atoms with Crippen molar-refractivity contribution < 1.29 is 0 Å². The third-order valence-electron chi connectivity index (χ3n) is 0.471. The molecule has 0 rings (SSSR count). The molecule has 0 aromatic heterocycles. The minimum atomic E-state index is 0.620. The molecule has 0 saturated carbocycles. The van der Waals surface area contributed by atoms with E-state index in [1.54, 1.807) is 12.2 Å². The standard InChI is InChI=1S/C6H7/c1-4-6(3)5-2/h3-5H,1-2H2. The molecule has 0 amide bonds. The highest BCUT2D eigenvalue weighted by atomic mass is 13.7. The summed E-state index contributed by atoms with van der Waals surface area (Å²) in [4.78, 5) is 0. The van der Waals surface area contributed by atoms with E-state index in [1.165, 1.54) is 0 Å². The number of hydrogen-bond donors (Lipinski definition) is 0. The predicted molar refractivity (Wildman–Crippen MR) is 28.2 cm³/mol. The molecule has 0 unspecified atom stereocenters. The Morgan fingerprint density at radius 1 is 1.33 bits per heavy atom. The van der Waals surface area contributed by atoms with E-state index in [9.17, 15) is 0 Å². The van der Waals surface area contributed by atoms with Crippen molar-refractivity contribution in [1.82, 2.24) is 0 Å². The molecule has 6 heavy (non-hydrogen) atoms. The van der Waals surface area contributed by atoms with Crippen molar-refractivity contribution in [1.29, 1.82) is 0 Å². The first-order valence-corrected chi connectivity index (χ1v) is 1.68. The zero-order valence-corrected chi connectivity index (χ0v) is 3.65. The van der Waals surface area contributed by atoms with Crippen LogP contribution in [0.5, 0.6) is 0 Å². The maximum absolute atomic E-state index is 5.15. The van der Waals surface area contributed by atoms with Crippen molar-refractivity contribution in [2.45, 2.75) is 0 Å². The molecule has 0 heteroatoms. The Balaban J connectivity index is 3.52. The van der Waals surface area contributed by atoms with Crippen LogP contribution in [0, 0.1) is 6.58 Å². The molecule has 0 N–H and O–H groups in total. The lowest BCUT2D eigenvalue weighted by Crippen LogP contribution is -1.56. The van der Waals surface area contributed by atoms with Crippen molar-refractivity contribution in [2.75, 3.05) is 0 Å². The summed E-state index contributed by atoms with van der Waals surface area (Å²) in [6, 6.07) is 0. The van der Waals surface area contributed by atoms with Crippen LogP contribution >= 0.6 is 0 Å². The first kappa shape index (κ1) is 5.22. The molecule has 0 aliphatic heterocycles. The fourth-order valence-corrected chi connectivity index (χ4v) is 0.0833. The molecule has 31 valence electrons. The van der Waals surface area contributed by atoms with Crippen LogP contribution in [0.4, 0.5) is 0 Å². The van der Waals surface area contributed by atoms with Gasteiger partial charge in [-0.3, -0.25) is 0 Å². The lowest BCUT2D eigenvalue weighted by molar-refractivity contribution is 1.78. The molecule has 0 bridgehead atoms. The van der Waals surface area contributed by atoms with Crippen molar-refractivity contribution in [3.63, 3.8) is 0 Å². The van der Waals surface area contributed by atoms with Gasteiger partial charge in [0.2, 0.25) is 0 Å². The monoisotopic (exact) mass is 79.1 g/mol. The summed E-state index contributed by atoms with van der Waals surface area (Å²) in [5, 5.41) is 0. The van der Waals surface area contributed by atoms with Gasteiger partial charge in [0.15, 0.2) is 0 Å². The summed E-state index contributed by atoms with van der Waals surface area (Å²) in [5.41, 5.74) is 0.620. The summed E-state index contributed by atoms with van der Waals surface area (Å²) in [7, 11) is 0. The minimum absolute atomic E-state index is 0.620. The first-order chi connectivity index (χ1) is 2.81. The Kier molecular flexibility index (Phi) is 2.14. The van der Waals surface area contributed by atoms with Crippen LogP contribution in [-0.4, -0.2) is 0 Å². The van der Waals surface area contributed by atoms with E-state index in [-0.39, 0.29) is 0 Å². The van der Waals surface area contributed by atoms with Gasteiger partial charge < -0.3 is 0 Å². The molecular formula is C6H7. The van der Waals surface area contributed by atoms with E-state index in [0.29, 0.717) is 5.57 Å². The van der Waals surface area contributed by atoms with E-state index < -0.39 is 0 Å². The second-order valence-electron chi connectivity index (χ2n) is 0.908. The Labute approximate surface area is 38.5 Å². The average Bonchev–Trinajstić information content (AvgIpc) is 1.65. The minimum Gasteiger partial charge on any atom is -0.0985 e. The topological polar surface area (TPSA) is 0 Å². The highest BCUT2D eigenvalue weighted by Gasteiger charge is 1.66. The van der Waals surface area contributed by atoms with Gasteiger partial charge in [0, 0.05) is 0 Å². The molecule has 0 fully saturated rings. The molecule has 0 atom stereocenters. The number of rotatable bonds is 2. The van der Waals surface area contributed by atoms with Crippen LogP contribution in [0.2, 0.25) is 0 Å². The van der Waals surface area contributed by atoms with Crippen LogP contribution in [0.3, 0.4) is 0 Å². The summed E-state index contributed by atoms with van der Waals surface area (Å²) >= 11 is 0. The zero-order chi connectivity index (χ0) is 4.99. The van der Waals surface area contributed by atoms with E-state index in [2.05, 4.69) is 13.2 Å². The Morgan fingerprint density at radius 3 is 1.67 bits per heavy atom. The Bertz CT molecular complexity index is 68.0. The van der Waals surface area contributed by atoms with Crippen molar-refractivity contribution in [3.05, 3.63) is 37.5 Å². The number of allylic oxidation sites excluding steroid dienone is 3. The average molecular weight is 79.1 g/mol. The Hall–Kier alpha value is -0.780. The fraction of sp³-hybridized carbons (Fsp3) is 0. The smallest absolute Gasteiger partial charge is 0.0268 e. The number of hydrogen-bond acceptors (Lipinski definition) is 0. The molecule has 0 aromatic rings. The predicted octanol–water partition coefficient (Wildman–Crippen LogP) is 1.72. The lowest BCUT2D eigenvalue weighted by Gasteiger charge is -1.76. The molecule has 0 aliphatic carbocycles. The second kappa shape index (κ2) is 2.46. The van der Waals surface area contributed by atoms with E-state index in [0.717, 1.165) is 0 Å². The summed E-state index contributed by atoms with van der Waals surface area (Å²) in [6.07, 6.45) is 3.10.